The summed E-state index contributed by atoms with van der Waals surface area (Å²) in [6, 6.07) is 3.71. The Balaban J connectivity index is 1.91. The Labute approximate surface area is 111 Å². The monoisotopic (exact) mass is 258 g/mol. The second-order valence-electron chi connectivity index (χ2n) is 5.19. The number of hydrogen-bond donors (Lipinski definition) is 0. The quantitative estimate of drug-likeness (QED) is 0.836. The molecule has 2 aromatic heterocycles. The van der Waals surface area contributed by atoms with Gasteiger partial charge in [-0.3, -0.25) is 9.36 Å². The smallest absolute Gasteiger partial charge is 0.263 e. The molecule has 0 bridgehead atoms. The first-order chi connectivity index (χ1) is 9.25. The van der Waals surface area contributed by atoms with Crippen molar-refractivity contribution in [2.75, 3.05) is 19.6 Å². The lowest BCUT2D eigenvalue weighted by Crippen LogP contribution is -2.32. The minimum atomic E-state index is 0.00444. The third kappa shape index (κ3) is 2.38. The first-order valence-electron chi connectivity index (χ1n) is 6.80. The lowest BCUT2D eigenvalue weighted by atomic mass is 10.2. The fourth-order valence-electron chi connectivity index (χ4n) is 2.72. The van der Waals surface area contributed by atoms with Crippen LogP contribution in [0.4, 0.5) is 0 Å². The summed E-state index contributed by atoms with van der Waals surface area (Å²) in [6.45, 7) is 5.26. The van der Waals surface area contributed by atoms with Gasteiger partial charge in [-0.25, -0.2) is 9.97 Å². The molecule has 1 aliphatic heterocycles. The van der Waals surface area contributed by atoms with Crippen molar-refractivity contribution in [2.24, 2.45) is 0 Å². The first-order valence-corrected chi connectivity index (χ1v) is 6.80. The standard InChI is InChI=1S/C14H18N4O/c1-11(9-17-7-2-3-8-17)18-10-16-13-12(14(18)19)5-4-6-15-13/h4-6,10-11H,2-3,7-9H2,1H3. The van der Waals surface area contributed by atoms with Crippen LogP contribution in [-0.4, -0.2) is 39.1 Å². The largest absolute Gasteiger partial charge is 0.301 e. The van der Waals surface area contributed by atoms with Crippen LogP contribution in [0.1, 0.15) is 25.8 Å². The van der Waals surface area contributed by atoms with Crippen LogP contribution < -0.4 is 5.56 Å². The zero-order valence-corrected chi connectivity index (χ0v) is 11.1. The molecule has 0 aromatic carbocycles. The maximum absolute atomic E-state index is 12.4. The Morgan fingerprint density at radius 1 is 1.32 bits per heavy atom. The van der Waals surface area contributed by atoms with Gasteiger partial charge in [0.25, 0.3) is 5.56 Å². The minimum Gasteiger partial charge on any atom is -0.301 e. The zero-order chi connectivity index (χ0) is 13.2. The van der Waals surface area contributed by atoms with Gasteiger partial charge in [-0.05, 0) is 45.0 Å². The summed E-state index contributed by atoms with van der Waals surface area (Å²) in [4.78, 5) is 23.2. The molecule has 1 unspecified atom stereocenters. The lowest BCUT2D eigenvalue weighted by molar-refractivity contribution is 0.284. The highest BCUT2D eigenvalue weighted by Gasteiger charge is 2.17. The van der Waals surface area contributed by atoms with E-state index in [0.29, 0.717) is 11.0 Å². The van der Waals surface area contributed by atoms with Gasteiger partial charge in [0.2, 0.25) is 0 Å². The van der Waals surface area contributed by atoms with Gasteiger partial charge in [0.15, 0.2) is 5.65 Å². The van der Waals surface area contributed by atoms with Crippen molar-refractivity contribution < 1.29 is 0 Å². The predicted molar refractivity (Wildman–Crippen MR) is 74.2 cm³/mol. The topological polar surface area (TPSA) is 51.0 Å². The van der Waals surface area contributed by atoms with E-state index >= 15 is 0 Å². The molecule has 0 spiro atoms. The Morgan fingerprint density at radius 3 is 2.89 bits per heavy atom. The molecule has 19 heavy (non-hydrogen) atoms. The summed E-state index contributed by atoms with van der Waals surface area (Å²) in [6.07, 6.45) is 5.81. The maximum Gasteiger partial charge on any atom is 0.263 e. The van der Waals surface area contributed by atoms with Crippen molar-refractivity contribution in [3.8, 4) is 0 Å². The molecule has 5 heteroatoms. The average Bonchev–Trinajstić information content (AvgIpc) is 2.92. The highest BCUT2D eigenvalue weighted by atomic mass is 16.1. The lowest BCUT2D eigenvalue weighted by Gasteiger charge is -2.21. The molecule has 0 radical (unpaired) electrons. The summed E-state index contributed by atoms with van der Waals surface area (Å²) < 4.78 is 1.72. The van der Waals surface area contributed by atoms with E-state index in [1.165, 1.54) is 12.8 Å². The molecule has 2 aromatic rings. The number of pyridine rings is 1. The predicted octanol–water partition coefficient (Wildman–Crippen LogP) is 1.45. The number of nitrogens with zero attached hydrogens (tertiary/aromatic N) is 4. The fraction of sp³-hybridized carbons (Fsp3) is 0.500. The van der Waals surface area contributed by atoms with E-state index < -0.39 is 0 Å². The molecule has 1 fully saturated rings. The maximum atomic E-state index is 12.4. The number of fused-ring (bicyclic) bond motifs is 1. The Bertz CT molecular complexity index is 631. The zero-order valence-electron chi connectivity index (χ0n) is 11.1. The van der Waals surface area contributed by atoms with Crippen molar-refractivity contribution in [1.82, 2.24) is 19.4 Å². The van der Waals surface area contributed by atoms with E-state index in [4.69, 9.17) is 0 Å². The summed E-state index contributed by atoms with van der Waals surface area (Å²) in [7, 11) is 0. The second-order valence-corrected chi connectivity index (χ2v) is 5.19. The van der Waals surface area contributed by atoms with Crippen LogP contribution in [0.25, 0.3) is 11.0 Å². The Kier molecular flexibility index (Phi) is 3.29. The molecule has 0 saturated carbocycles. The van der Waals surface area contributed by atoms with E-state index in [-0.39, 0.29) is 11.6 Å². The molecule has 0 amide bonds. The van der Waals surface area contributed by atoms with E-state index in [9.17, 15) is 4.79 Å². The van der Waals surface area contributed by atoms with Crippen molar-refractivity contribution in [2.45, 2.75) is 25.8 Å². The van der Waals surface area contributed by atoms with E-state index in [0.717, 1.165) is 19.6 Å². The van der Waals surface area contributed by atoms with Gasteiger partial charge in [-0.15, -0.1) is 0 Å². The van der Waals surface area contributed by atoms with Gasteiger partial charge in [0.05, 0.1) is 5.39 Å². The summed E-state index contributed by atoms with van der Waals surface area (Å²) in [5.74, 6) is 0. The number of likely N-dealkylation sites (tertiary alicyclic amines) is 1. The van der Waals surface area contributed by atoms with E-state index in [1.54, 1.807) is 29.2 Å². The second kappa shape index (κ2) is 5.09. The van der Waals surface area contributed by atoms with Gasteiger partial charge in [-0.1, -0.05) is 0 Å². The van der Waals surface area contributed by atoms with Crippen molar-refractivity contribution in [3.63, 3.8) is 0 Å². The van der Waals surface area contributed by atoms with Crippen LogP contribution in [0.5, 0.6) is 0 Å². The van der Waals surface area contributed by atoms with Gasteiger partial charge >= 0.3 is 0 Å². The van der Waals surface area contributed by atoms with Crippen molar-refractivity contribution in [3.05, 3.63) is 35.0 Å². The molecule has 3 rings (SSSR count). The molecular weight excluding hydrogens is 240 g/mol. The number of rotatable bonds is 3. The van der Waals surface area contributed by atoms with Crippen LogP contribution in [0, 0.1) is 0 Å². The number of hydrogen-bond acceptors (Lipinski definition) is 4. The van der Waals surface area contributed by atoms with Crippen LogP contribution in [0.15, 0.2) is 29.5 Å². The third-order valence-electron chi connectivity index (χ3n) is 3.75. The van der Waals surface area contributed by atoms with E-state index in [2.05, 4.69) is 21.8 Å². The summed E-state index contributed by atoms with van der Waals surface area (Å²) >= 11 is 0. The number of aromatic nitrogens is 3. The van der Waals surface area contributed by atoms with Gasteiger partial charge in [-0.2, -0.15) is 0 Å². The fourth-order valence-corrected chi connectivity index (χ4v) is 2.72. The van der Waals surface area contributed by atoms with Gasteiger partial charge in [0.1, 0.15) is 6.33 Å². The molecule has 1 atom stereocenters. The molecule has 1 aliphatic rings. The van der Waals surface area contributed by atoms with E-state index in [1.807, 2.05) is 0 Å². The molecule has 1 saturated heterocycles. The van der Waals surface area contributed by atoms with Crippen molar-refractivity contribution >= 4 is 11.0 Å². The highest BCUT2D eigenvalue weighted by molar-refractivity contribution is 5.72. The molecule has 0 aliphatic carbocycles. The van der Waals surface area contributed by atoms with Gasteiger partial charge in [0, 0.05) is 18.8 Å². The third-order valence-corrected chi connectivity index (χ3v) is 3.75. The van der Waals surface area contributed by atoms with Crippen LogP contribution in [0.3, 0.4) is 0 Å². The molecule has 5 nitrogen and oxygen atoms in total. The van der Waals surface area contributed by atoms with Gasteiger partial charge < -0.3 is 4.90 Å². The molecule has 0 N–H and O–H groups in total. The Morgan fingerprint density at radius 2 is 2.11 bits per heavy atom. The average molecular weight is 258 g/mol. The van der Waals surface area contributed by atoms with Crippen LogP contribution in [-0.2, 0) is 0 Å². The minimum absolute atomic E-state index is 0.00444. The normalized spacial score (nSPS) is 17.9. The summed E-state index contributed by atoms with van der Waals surface area (Å²) in [5.41, 5.74) is 0.530. The molecule has 100 valence electrons. The SMILES string of the molecule is CC(CN1CCCC1)n1cnc2ncccc2c1=O. The highest BCUT2D eigenvalue weighted by Crippen LogP contribution is 2.13. The first kappa shape index (κ1) is 12.3. The summed E-state index contributed by atoms with van der Waals surface area (Å²) in [5, 5.41) is 0.596. The molecule has 3 heterocycles. The van der Waals surface area contributed by atoms with Crippen LogP contribution in [0.2, 0.25) is 0 Å². The van der Waals surface area contributed by atoms with Crippen molar-refractivity contribution in [1.29, 1.82) is 0 Å². The Hall–Kier alpha value is -1.75. The molecular formula is C14H18N4O. The van der Waals surface area contributed by atoms with Crippen LogP contribution >= 0.6 is 0 Å².